The van der Waals surface area contributed by atoms with Gasteiger partial charge in [0.05, 0.1) is 11.9 Å². The molecule has 3 N–H and O–H groups in total. The third-order valence-corrected chi connectivity index (χ3v) is 2.44. The van der Waals surface area contributed by atoms with Crippen molar-refractivity contribution in [3.05, 3.63) is 0 Å². The first kappa shape index (κ1) is 12.7. The molecule has 0 aliphatic rings. The highest BCUT2D eigenvalue weighted by atomic mass is 35.5. The highest BCUT2D eigenvalue weighted by molar-refractivity contribution is 6.46. The Morgan fingerprint density at radius 3 is 1.62 bits per heavy atom. The quantitative estimate of drug-likeness (QED) is 0.618. The van der Waals surface area contributed by atoms with E-state index in [4.69, 9.17) is 38.5 Å². The summed E-state index contributed by atoms with van der Waals surface area (Å²) in [5.41, 5.74) is 0. The standard InChI is InChI=1S/C4H3Cl3O6/c5-3(12,1(8)9)4(6,13-7)2(10)11/h12H,(H,8,9)(H,10,11). The van der Waals surface area contributed by atoms with Crippen molar-refractivity contribution in [2.75, 3.05) is 0 Å². The molecule has 0 aromatic heterocycles. The predicted octanol–water partition coefficient (Wildman–Crippen LogP) is 0.189. The Morgan fingerprint density at radius 1 is 1.15 bits per heavy atom. The van der Waals surface area contributed by atoms with Gasteiger partial charge in [-0.1, -0.05) is 23.2 Å². The van der Waals surface area contributed by atoms with Crippen LogP contribution in [0.2, 0.25) is 0 Å². The Balaban J connectivity index is 5.19. The van der Waals surface area contributed by atoms with E-state index < -0.39 is 22.1 Å². The van der Waals surface area contributed by atoms with Crippen LogP contribution < -0.4 is 0 Å². The van der Waals surface area contributed by atoms with Crippen molar-refractivity contribution < 1.29 is 29.2 Å². The maximum atomic E-state index is 10.4. The van der Waals surface area contributed by atoms with E-state index in [0.29, 0.717) is 0 Å². The number of halogens is 3. The van der Waals surface area contributed by atoms with Crippen molar-refractivity contribution in [1.29, 1.82) is 0 Å². The number of hydrogen-bond donors (Lipinski definition) is 3. The van der Waals surface area contributed by atoms with Gasteiger partial charge in [-0.15, -0.1) is 0 Å². The molecule has 9 heteroatoms. The van der Waals surface area contributed by atoms with Gasteiger partial charge in [0, 0.05) is 0 Å². The Hall–Kier alpha value is -0.270. The molecule has 0 aliphatic heterocycles. The van der Waals surface area contributed by atoms with E-state index in [1.54, 1.807) is 0 Å². The normalized spacial score (nSPS) is 20.0. The maximum absolute atomic E-state index is 10.4. The average Bonchev–Trinajstić information content (AvgIpc) is 2.01. The first-order valence-corrected chi connectivity index (χ1v) is 3.63. The molecule has 13 heavy (non-hydrogen) atoms. The van der Waals surface area contributed by atoms with Crippen molar-refractivity contribution in [2.45, 2.75) is 10.1 Å². The topological polar surface area (TPSA) is 104 Å². The molecule has 0 aromatic rings. The minimum atomic E-state index is -3.37. The molecule has 0 saturated heterocycles. The third kappa shape index (κ3) is 1.97. The number of alkyl halides is 2. The Bertz CT molecular complexity index is 240. The second kappa shape index (κ2) is 3.85. The zero-order chi connectivity index (χ0) is 10.9. The minimum absolute atomic E-state index is 2.04. The van der Waals surface area contributed by atoms with Crippen LogP contribution in [0, 0.1) is 0 Å². The molecule has 2 atom stereocenters. The second-order valence-corrected chi connectivity index (χ2v) is 3.14. The number of aliphatic hydroxyl groups is 1. The summed E-state index contributed by atoms with van der Waals surface area (Å²) in [5.74, 6) is -4.14. The Kier molecular flexibility index (Phi) is 3.77. The summed E-state index contributed by atoms with van der Waals surface area (Å²) in [4.78, 5) is 20.6. The van der Waals surface area contributed by atoms with Crippen LogP contribution in [0.1, 0.15) is 0 Å². The summed E-state index contributed by atoms with van der Waals surface area (Å²) in [7, 11) is 0. The molecule has 0 bridgehead atoms. The van der Waals surface area contributed by atoms with Gasteiger partial charge in [0.15, 0.2) is 0 Å². The molecule has 76 valence electrons. The van der Waals surface area contributed by atoms with Crippen molar-refractivity contribution in [1.82, 2.24) is 0 Å². The number of rotatable bonds is 4. The number of carbonyl (C=O) groups is 2. The van der Waals surface area contributed by atoms with E-state index in [1.807, 2.05) is 0 Å². The molecule has 0 heterocycles. The Morgan fingerprint density at radius 2 is 1.54 bits per heavy atom. The van der Waals surface area contributed by atoms with Crippen LogP contribution in [0.15, 0.2) is 0 Å². The number of carboxylic acid groups (broad SMARTS) is 2. The zero-order valence-electron chi connectivity index (χ0n) is 5.70. The van der Waals surface area contributed by atoms with Crippen LogP contribution in [-0.2, 0) is 13.9 Å². The van der Waals surface area contributed by atoms with Gasteiger partial charge in [-0.25, -0.2) is 13.9 Å². The monoisotopic (exact) mass is 252 g/mol. The number of carboxylic acids is 2. The fourth-order valence-corrected chi connectivity index (χ4v) is 0.781. The van der Waals surface area contributed by atoms with Crippen molar-refractivity contribution in [3.63, 3.8) is 0 Å². The zero-order valence-corrected chi connectivity index (χ0v) is 7.97. The largest absolute Gasteiger partial charge is 0.478 e. The Labute approximate surface area is 86.7 Å². The van der Waals surface area contributed by atoms with Gasteiger partial charge in [0.1, 0.15) is 0 Å². The van der Waals surface area contributed by atoms with Crippen molar-refractivity contribution in [2.24, 2.45) is 0 Å². The predicted molar refractivity (Wildman–Crippen MR) is 41.6 cm³/mol. The highest BCUT2D eigenvalue weighted by Crippen LogP contribution is 2.36. The van der Waals surface area contributed by atoms with Crippen molar-refractivity contribution >= 4 is 47.0 Å². The fourth-order valence-electron chi connectivity index (χ4n) is 0.363. The lowest BCUT2D eigenvalue weighted by molar-refractivity contribution is -0.173. The first-order valence-electron chi connectivity index (χ1n) is 2.57. The van der Waals surface area contributed by atoms with Gasteiger partial charge in [-0.3, -0.25) is 0 Å². The van der Waals surface area contributed by atoms with Crippen molar-refractivity contribution in [3.8, 4) is 0 Å². The molecule has 0 rings (SSSR count). The highest BCUT2D eigenvalue weighted by Gasteiger charge is 2.62. The first-order chi connectivity index (χ1) is 5.70. The molecule has 0 saturated carbocycles. The average molecular weight is 253 g/mol. The summed E-state index contributed by atoms with van der Waals surface area (Å²) in [6.07, 6.45) is 0. The SMILES string of the molecule is O=C(O)C(O)(Cl)C(Cl)(OCl)C(=O)O. The van der Waals surface area contributed by atoms with Gasteiger partial charge in [-0.05, 0) is 0 Å². The molecule has 6 nitrogen and oxygen atoms in total. The van der Waals surface area contributed by atoms with Gasteiger partial charge >= 0.3 is 17.0 Å². The van der Waals surface area contributed by atoms with E-state index in [9.17, 15) is 9.59 Å². The van der Waals surface area contributed by atoms with E-state index >= 15 is 0 Å². The fraction of sp³-hybridized carbons (Fsp3) is 0.500. The van der Waals surface area contributed by atoms with Gasteiger partial charge in [0.2, 0.25) is 0 Å². The lowest BCUT2D eigenvalue weighted by Crippen LogP contribution is -2.57. The van der Waals surface area contributed by atoms with E-state index in [1.165, 1.54) is 0 Å². The van der Waals surface area contributed by atoms with Crippen LogP contribution in [0.3, 0.4) is 0 Å². The van der Waals surface area contributed by atoms with Crippen LogP contribution in [0.25, 0.3) is 0 Å². The summed E-state index contributed by atoms with van der Waals surface area (Å²) in [5, 5.41) is 19.0. The van der Waals surface area contributed by atoms with E-state index in [-0.39, 0.29) is 0 Å². The van der Waals surface area contributed by atoms with E-state index in [2.05, 4.69) is 16.2 Å². The summed E-state index contributed by atoms with van der Waals surface area (Å²) >= 11 is 14.5. The second-order valence-electron chi connectivity index (χ2n) is 1.90. The molecule has 0 aromatic carbocycles. The van der Waals surface area contributed by atoms with Crippen LogP contribution >= 0.6 is 35.1 Å². The molecule has 0 spiro atoms. The maximum Gasteiger partial charge on any atom is 0.358 e. The lowest BCUT2D eigenvalue weighted by atomic mass is 10.2. The summed E-state index contributed by atoms with van der Waals surface area (Å²) in [6, 6.07) is 0. The molecule has 0 amide bonds. The van der Waals surface area contributed by atoms with Gasteiger partial charge in [-0.2, -0.15) is 0 Å². The number of hydrogen-bond acceptors (Lipinski definition) is 4. The van der Waals surface area contributed by atoms with Gasteiger partial charge in [0.25, 0.3) is 5.06 Å². The summed E-state index contributed by atoms with van der Waals surface area (Å²) in [6.45, 7) is 0. The smallest absolute Gasteiger partial charge is 0.358 e. The minimum Gasteiger partial charge on any atom is -0.478 e. The molecule has 0 aliphatic carbocycles. The molecule has 2 unspecified atom stereocenters. The van der Waals surface area contributed by atoms with E-state index in [0.717, 1.165) is 0 Å². The molecular weight excluding hydrogens is 250 g/mol. The van der Waals surface area contributed by atoms with Gasteiger partial charge < -0.3 is 15.3 Å². The van der Waals surface area contributed by atoms with Crippen LogP contribution in [0.5, 0.6) is 0 Å². The number of aliphatic carboxylic acids is 2. The van der Waals surface area contributed by atoms with Crippen LogP contribution in [-0.4, -0.2) is 37.4 Å². The molecular formula is C4H3Cl3O6. The third-order valence-electron chi connectivity index (χ3n) is 1.09. The summed E-state index contributed by atoms with van der Waals surface area (Å²) < 4.78 is 3.60. The molecule has 0 radical (unpaired) electrons. The van der Waals surface area contributed by atoms with Crippen LogP contribution in [0.4, 0.5) is 0 Å². The molecule has 0 fully saturated rings. The lowest BCUT2D eigenvalue weighted by Gasteiger charge is -2.27.